The summed E-state index contributed by atoms with van der Waals surface area (Å²) in [5.74, 6) is 0. The second-order valence-corrected chi connectivity index (χ2v) is 6.98. The van der Waals surface area contributed by atoms with Gasteiger partial charge in [0.25, 0.3) is 10.0 Å². The van der Waals surface area contributed by atoms with Crippen molar-refractivity contribution < 1.29 is 8.42 Å². The van der Waals surface area contributed by atoms with E-state index in [-0.39, 0.29) is 10.6 Å². The van der Waals surface area contributed by atoms with Crippen LogP contribution in [-0.2, 0) is 10.0 Å². The molecule has 2 aromatic carbocycles. The minimum absolute atomic E-state index is 0.108. The van der Waals surface area contributed by atoms with Crippen LogP contribution in [0.25, 0.3) is 11.1 Å². The summed E-state index contributed by atoms with van der Waals surface area (Å²) in [6, 6.07) is 19.5. The minimum atomic E-state index is -3.79. The maximum Gasteiger partial charge on any atom is 0.268 e. The second-order valence-electron chi connectivity index (χ2n) is 5.17. The van der Waals surface area contributed by atoms with Crippen LogP contribution in [-0.4, -0.2) is 12.4 Å². The molecule has 0 saturated heterocycles. The van der Waals surface area contributed by atoms with Gasteiger partial charge >= 0.3 is 0 Å². The summed E-state index contributed by atoms with van der Waals surface area (Å²) in [6.07, 6.45) is 1.43. The molecule has 0 bridgehead atoms. The molecule has 3 rings (SSSR count). The molecule has 0 aliphatic rings. The molecule has 114 valence electrons. The number of aryl methyl sites for hydroxylation is 1. The average molecular weight is 322 g/mol. The fourth-order valence-corrected chi connectivity index (χ4v) is 3.71. The summed E-state index contributed by atoms with van der Waals surface area (Å²) < 4.78 is 26.6. The number of rotatable bonds is 3. The molecule has 4 nitrogen and oxygen atoms in total. The molecule has 0 fully saturated rings. The van der Waals surface area contributed by atoms with Crippen LogP contribution in [0.15, 0.2) is 71.8 Å². The quantitative estimate of drug-likeness (QED) is 0.740. The molecule has 5 heteroatoms. The highest BCUT2D eigenvalue weighted by Gasteiger charge is 2.22. The molecule has 0 spiro atoms. The van der Waals surface area contributed by atoms with Gasteiger partial charge in [0.05, 0.1) is 4.90 Å². The van der Waals surface area contributed by atoms with Crippen molar-refractivity contribution in [3.8, 4) is 17.2 Å². The molecule has 0 atom stereocenters. The first-order valence-electron chi connectivity index (χ1n) is 7.03. The molecular formula is C18H14N2O2S. The Morgan fingerprint density at radius 1 is 0.957 bits per heavy atom. The molecule has 0 aliphatic heterocycles. The monoisotopic (exact) mass is 322 g/mol. The lowest BCUT2D eigenvalue weighted by Crippen LogP contribution is -2.14. The Morgan fingerprint density at radius 2 is 1.61 bits per heavy atom. The predicted molar refractivity (Wildman–Crippen MR) is 88.3 cm³/mol. The van der Waals surface area contributed by atoms with Crippen molar-refractivity contribution in [1.82, 2.24) is 3.97 Å². The van der Waals surface area contributed by atoms with Crippen LogP contribution in [0.4, 0.5) is 0 Å². The summed E-state index contributed by atoms with van der Waals surface area (Å²) >= 11 is 0. The van der Waals surface area contributed by atoms with Crippen molar-refractivity contribution in [2.24, 2.45) is 0 Å². The van der Waals surface area contributed by atoms with E-state index in [0.717, 1.165) is 15.1 Å². The van der Waals surface area contributed by atoms with Crippen LogP contribution in [0.5, 0.6) is 0 Å². The zero-order chi connectivity index (χ0) is 16.4. The number of nitriles is 1. The number of nitrogens with zero attached hydrogens (tertiary/aromatic N) is 2. The Hall–Kier alpha value is -2.84. The van der Waals surface area contributed by atoms with Crippen LogP contribution in [0, 0.1) is 18.3 Å². The Bertz CT molecular complexity index is 980. The summed E-state index contributed by atoms with van der Waals surface area (Å²) in [5, 5.41) is 9.47. The molecule has 0 radical (unpaired) electrons. The molecule has 1 heterocycles. The van der Waals surface area contributed by atoms with Gasteiger partial charge in [0.1, 0.15) is 11.8 Å². The first-order valence-corrected chi connectivity index (χ1v) is 8.47. The van der Waals surface area contributed by atoms with Gasteiger partial charge in [-0.25, -0.2) is 12.4 Å². The van der Waals surface area contributed by atoms with Crippen molar-refractivity contribution in [3.05, 3.63) is 78.1 Å². The lowest BCUT2D eigenvalue weighted by atomic mass is 10.1. The van der Waals surface area contributed by atoms with Crippen LogP contribution in [0.3, 0.4) is 0 Å². The molecule has 0 saturated carbocycles. The maximum atomic E-state index is 12.8. The highest BCUT2D eigenvalue weighted by Crippen LogP contribution is 2.27. The van der Waals surface area contributed by atoms with Crippen LogP contribution < -0.4 is 0 Å². The van der Waals surface area contributed by atoms with Crippen molar-refractivity contribution in [3.63, 3.8) is 0 Å². The zero-order valence-corrected chi connectivity index (χ0v) is 13.3. The molecule has 0 amide bonds. The van der Waals surface area contributed by atoms with E-state index in [1.165, 1.54) is 6.20 Å². The fourth-order valence-electron chi connectivity index (χ4n) is 2.40. The molecule has 0 unspecified atom stereocenters. The van der Waals surface area contributed by atoms with Gasteiger partial charge in [0.15, 0.2) is 0 Å². The largest absolute Gasteiger partial charge is 0.268 e. The first kappa shape index (κ1) is 15.1. The van der Waals surface area contributed by atoms with E-state index in [9.17, 15) is 13.7 Å². The lowest BCUT2D eigenvalue weighted by Gasteiger charge is -2.08. The van der Waals surface area contributed by atoms with E-state index in [4.69, 9.17) is 0 Å². The number of aromatic nitrogens is 1. The highest BCUT2D eigenvalue weighted by molar-refractivity contribution is 7.90. The highest BCUT2D eigenvalue weighted by atomic mass is 32.2. The number of hydrogen-bond acceptors (Lipinski definition) is 3. The Labute approximate surface area is 135 Å². The SMILES string of the molecule is Cc1ccc(S(=O)(=O)n2ccc(-c3ccccc3)c2C#N)cc1. The molecular weight excluding hydrogens is 308 g/mol. The predicted octanol–water partition coefficient (Wildman–Crippen LogP) is 3.57. The van der Waals surface area contributed by atoms with Crippen molar-refractivity contribution in [1.29, 1.82) is 5.26 Å². The van der Waals surface area contributed by atoms with Crippen molar-refractivity contribution in [2.45, 2.75) is 11.8 Å². The van der Waals surface area contributed by atoms with Gasteiger partial charge < -0.3 is 0 Å². The smallest absolute Gasteiger partial charge is 0.231 e. The lowest BCUT2D eigenvalue weighted by molar-refractivity contribution is 0.587. The second kappa shape index (κ2) is 5.75. The molecule has 23 heavy (non-hydrogen) atoms. The molecule has 0 N–H and O–H groups in total. The molecule has 3 aromatic rings. The Morgan fingerprint density at radius 3 is 2.22 bits per heavy atom. The van der Waals surface area contributed by atoms with Gasteiger partial charge in [-0.05, 0) is 30.7 Å². The standard InChI is InChI=1S/C18H14N2O2S/c1-14-7-9-16(10-8-14)23(21,22)20-12-11-17(18(20)13-19)15-5-3-2-4-6-15/h2-12H,1H3. The topological polar surface area (TPSA) is 62.9 Å². The number of benzene rings is 2. The minimum Gasteiger partial charge on any atom is -0.231 e. The summed E-state index contributed by atoms with van der Waals surface area (Å²) in [6.45, 7) is 1.89. The van der Waals surface area contributed by atoms with E-state index < -0.39 is 10.0 Å². The molecule has 1 aromatic heterocycles. The van der Waals surface area contributed by atoms with Gasteiger partial charge in [0.2, 0.25) is 0 Å². The van der Waals surface area contributed by atoms with Crippen molar-refractivity contribution in [2.75, 3.05) is 0 Å². The van der Waals surface area contributed by atoms with E-state index in [0.29, 0.717) is 5.56 Å². The third-order valence-electron chi connectivity index (χ3n) is 3.62. The number of hydrogen-bond donors (Lipinski definition) is 0. The summed E-state index contributed by atoms with van der Waals surface area (Å²) in [5.41, 5.74) is 2.49. The van der Waals surface area contributed by atoms with Crippen LogP contribution >= 0.6 is 0 Å². The van der Waals surface area contributed by atoms with E-state index in [2.05, 4.69) is 0 Å². The van der Waals surface area contributed by atoms with Gasteiger partial charge in [-0.2, -0.15) is 5.26 Å². The fraction of sp³-hybridized carbons (Fsp3) is 0.0556. The van der Waals surface area contributed by atoms with E-state index >= 15 is 0 Å². The average Bonchev–Trinajstić information content (AvgIpc) is 3.01. The maximum absolute atomic E-state index is 12.8. The van der Waals surface area contributed by atoms with Gasteiger partial charge in [-0.1, -0.05) is 48.0 Å². The Kier molecular flexibility index (Phi) is 3.77. The third-order valence-corrected chi connectivity index (χ3v) is 5.31. The van der Waals surface area contributed by atoms with E-state index in [1.807, 2.05) is 43.3 Å². The zero-order valence-electron chi connectivity index (χ0n) is 12.5. The van der Waals surface area contributed by atoms with Gasteiger partial charge in [0, 0.05) is 11.8 Å². The first-order chi connectivity index (χ1) is 11.0. The summed E-state index contributed by atoms with van der Waals surface area (Å²) in [7, 11) is -3.79. The summed E-state index contributed by atoms with van der Waals surface area (Å²) in [4.78, 5) is 0.162. The van der Waals surface area contributed by atoms with Gasteiger partial charge in [-0.15, -0.1) is 0 Å². The van der Waals surface area contributed by atoms with Crippen molar-refractivity contribution >= 4 is 10.0 Å². The van der Waals surface area contributed by atoms with Crippen LogP contribution in [0.1, 0.15) is 11.3 Å². The Balaban J connectivity index is 2.16. The van der Waals surface area contributed by atoms with E-state index in [1.54, 1.807) is 30.3 Å². The van der Waals surface area contributed by atoms with Crippen LogP contribution in [0.2, 0.25) is 0 Å². The van der Waals surface area contributed by atoms with Gasteiger partial charge in [-0.3, -0.25) is 0 Å². The third kappa shape index (κ3) is 2.65. The molecule has 0 aliphatic carbocycles. The normalized spacial score (nSPS) is 11.1.